The maximum atomic E-state index is 2.54. The molecular formula is C11H28Cl3N3. The van der Waals surface area contributed by atoms with Crippen molar-refractivity contribution in [2.24, 2.45) is 0 Å². The van der Waals surface area contributed by atoms with E-state index < -0.39 is 0 Å². The normalized spacial score (nSPS) is 18.9. The standard InChI is InChI=1S/C11H25N3.3ClH/c1-14(2)9-5-7-12-10-11-6-3-4-8-13-11;;;/h11-13H,3-10H2,1-2H3;3*1H. The van der Waals surface area contributed by atoms with E-state index in [-0.39, 0.29) is 37.2 Å². The fraction of sp³-hybridized carbons (Fsp3) is 1.00. The summed E-state index contributed by atoms with van der Waals surface area (Å²) in [5, 5.41) is 5.05. The van der Waals surface area contributed by atoms with Crippen molar-refractivity contribution in [2.45, 2.75) is 31.7 Å². The van der Waals surface area contributed by atoms with E-state index in [0.717, 1.165) is 6.04 Å². The molecule has 0 radical (unpaired) electrons. The molecule has 0 aromatic rings. The minimum atomic E-state index is 0. The summed E-state index contributed by atoms with van der Waals surface area (Å²) in [6.07, 6.45) is 5.68. The van der Waals surface area contributed by atoms with Crippen LogP contribution in [0.1, 0.15) is 25.7 Å². The largest absolute Gasteiger partial charge is 1.00 e. The number of rotatable bonds is 6. The molecule has 3 nitrogen and oxygen atoms in total. The van der Waals surface area contributed by atoms with E-state index in [1.807, 2.05) is 0 Å². The second-order valence-electron chi connectivity index (χ2n) is 4.90. The molecule has 0 saturated carbocycles. The van der Waals surface area contributed by atoms with Crippen LogP contribution in [-0.2, 0) is 0 Å². The molecule has 1 fully saturated rings. The zero-order chi connectivity index (χ0) is 10.2. The number of quaternary nitrogens is 3. The van der Waals surface area contributed by atoms with Gasteiger partial charge in [-0.2, -0.15) is 0 Å². The molecule has 0 aromatic heterocycles. The van der Waals surface area contributed by atoms with Gasteiger partial charge in [0.1, 0.15) is 12.6 Å². The van der Waals surface area contributed by atoms with Crippen molar-refractivity contribution in [3.63, 3.8) is 0 Å². The van der Waals surface area contributed by atoms with Crippen molar-refractivity contribution in [3.05, 3.63) is 0 Å². The molecule has 0 aromatic carbocycles. The fourth-order valence-corrected chi connectivity index (χ4v) is 2.17. The highest BCUT2D eigenvalue weighted by Crippen LogP contribution is 1.98. The minimum Gasteiger partial charge on any atom is -1.00 e. The molecule has 1 unspecified atom stereocenters. The van der Waals surface area contributed by atoms with E-state index in [1.165, 1.54) is 51.9 Å². The maximum absolute atomic E-state index is 2.54. The van der Waals surface area contributed by atoms with Gasteiger partial charge in [0.2, 0.25) is 0 Å². The highest BCUT2D eigenvalue weighted by Gasteiger charge is 2.17. The monoisotopic (exact) mass is 307 g/mol. The molecule has 5 N–H and O–H groups in total. The second-order valence-corrected chi connectivity index (χ2v) is 4.90. The Labute approximate surface area is 125 Å². The highest BCUT2D eigenvalue weighted by atomic mass is 35.5. The quantitative estimate of drug-likeness (QED) is 0.408. The molecule has 0 amide bonds. The van der Waals surface area contributed by atoms with Crippen molar-refractivity contribution in [1.82, 2.24) is 0 Å². The van der Waals surface area contributed by atoms with Crippen molar-refractivity contribution in [3.8, 4) is 0 Å². The topological polar surface area (TPSA) is 37.7 Å². The van der Waals surface area contributed by atoms with Crippen LogP contribution in [-0.4, -0.2) is 46.3 Å². The first-order valence-corrected chi connectivity index (χ1v) is 6.23. The number of hydrogen-bond donors (Lipinski definition) is 3. The highest BCUT2D eigenvalue weighted by molar-refractivity contribution is 4.55. The van der Waals surface area contributed by atoms with Gasteiger partial charge in [-0.15, -0.1) is 0 Å². The number of piperidine rings is 1. The Bertz CT molecular complexity index is 142. The Kier molecular flexibility index (Phi) is 19.9. The fourth-order valence-electron chi connectivity index (χ4n) is 2.17. The Morgan fingerprint density at radius 3 is 2.41 bits per heavy atom. The Morgan fingerprint density at radius 1 is 1.18 bits per heavy atom. The molecule has 1 aliphatic rings. The van der Waals surface area contributed by atoms with E-state index in [2.05, 4.69) is 24.7 Å². The van der Waals surface area contributed by atoms with Crippen LogP contribution in [0.2, 0.25) is 0 Å². The molecule has 0 spiro atoms. The molecule has 0 bridgehead atoms. The molecule has 1 rings (SSSR count). The smallest absolute Gasteiger partial charge is 0.135 e. The van der Waals surface area contributed by atoms with Crippen LogP contribution in [0.5, 0.6) is 0 Å². The van der Waals surface area contributed by atoms with Crippen molar-refractivity contribution < 1.29 is 52.8 Å². The summed E-state index contributed by atoms with van der Waals surface area (Å²) in [5.41, 5.74) is 0. The Morgan fingerprint density at radius 2 is 1.88 bits per heavy atom. The number of nitrogens with one attached hydrogen (secondary N) is 1. The predicted octanol–water partition coefficient (Wildman–Crippen LogP) is -11.8. The maximum Gasteiger partial charge on any atom is 0.135 e. The summed E-state index contributed by atoms with van der Waals surface area (Å²) < 4.78 is 0. The summed E-state index contributed by atoms with van der Waals surface area (Å²) in [5.74, 6) is 0. The van der Waals surface area contributed by atoms with Gasteiger partial charge in [-0.05, 0) is 12.8 Å². The van der Waals surface area contributed by atoms with Crippen LogP contribution in [0.25, 0.3) is 0 Å². The third-order valence-electron chi connectivity index (χ3n) is 3.08. The van der Waals surface area contributed by atoms with Crippen LogP contribution in [0.3, 0.4) is 0 Å². The molecule has 1 aliphatic heterocycles. The van der Waals surface area contributed by atoms with Gasteiger partial charge in [-0.3, -0.25) is 0 Å². The van der Waals surface area contributed by atoms with Crippen LogP contribution in [0.4, 0.5) is 0 Å². The minimum absolute atomic E-state index is 0. The molecular weight excluding hydrogens is 281 g/mol. The molecule has 17 heavy (non-hydrogen) atoms. The van der Waals surface area contributed by atoms with Gasteiger partial charge in [-0.1, -0.05) is 0 Å². The molecule has 1 atom stereocenters. The third kappa shape index (κ3) is 13.0. The first-order chi connectivity index (χ1) is 6.79. The summed E-state index contributed by atoms with van der Waals surface area (Å²) in [4.78, 5) is 1.57. The van der Waals surface area contributed by atoms with Crippen LogP contribution in [0.15, 0.2) is 0 Å². The molecule has 1 heterocycles. The first-order valence-electron chi connectivity index (χ1n) is 6.23. The third-order valence-corrected chi connectivity index (χ3v) is 3.08. The number of halogens is 3. The molecule has 108 valence electrons. The summed E-state index contributed by atoms with van der Waals surface area (Å²) in [6, 6.07) is 0.912. The Hall–Kier alpha value is 0.750. The average Bonchev–Trinajstić information content (AvgIpc) is 2.18. The van der Waals surface area contributed by atoms with Gasteiger partial charge < -0.3 is 52.8 Å². The van der Waals surface area contributed by atoms with Crippen molar-refractivity contribution in [2.75, 3.05) is 40.3 Å². The van der Waals surface area contributed by atoms with E-state index >= 15 is 0 Å². The number of nitrogens with two attached hydrogens (primary N) is 2. The lowest BCUT2D eigenvalue weighted by Gasteiger charge is -2.18. The van der Waals surface area contributed by atoms with Gasteiger partial charge in [0.15, 0.2) is 0 Å². The van der Waals surface area contributed by atoms with Crippen LogP contribution >= 0.6 is 0 Å². The lowest BCUT2D eigenvalue weighted by atomic mass is 10.1. The second kappa shape index (κ2) is 14.8. The predicted molar refractivity (Wildman–Crippen MR) is 58.4 cm³/mol. The van der Waals surface area contributed by atoms with Gasteiger partial charge in [-0.25, -0.2) is 0 Å². The molecule has 6 heteroatoms. The number of hydrogen-bond acceptors (Lipinski definition) is 0. The summed E-state index contributed by atoms with van der Waals surface area (Å²) >= 11 is 0. The van der Waals surface area contributed by atoms with E-state index in [0.29, 0.717) is 0 Å². The van der Waals surface area contributed by atoms with Gasteiger partial charge in [0, 0.05) is 12.8 Å². The lowest BCUT2D eigenvalue weighted by Crippen LogP contribution is -3.06. The van der Waals surface area contributed by atoms with Crippen molar-refractivity contribution >= 4 is 0 Å². The molecule has 0 aliphatic carbocycles. The SMILES string of the molecule is C[NH+](C)CCC[NH2+]CC1CCCC[NH2+]1.[Cl-].[Cl-].[Cl-]. The van der Waals surface area contributed by atoms with Gasteiger partial charge in [0.25, 0.3) is 0 Å². The zero-order valence-electron chi connectivity index (χ0n) is 11.0. The van der Waals surface area contributed by atoms with E-state index in [4.69, 9.17) is 0 Å². The van der Waals surface area contributed by atoms with Gasteiger partial charge in [0.05, 0.1) is 33.7 Å². The van der Waals surface area contributed by atoms with Gasteiger partial charge >= 0.3 is 0 Å². The van der Waals surface area contributed by atoms with Crippen LogP contribution in [0, 0.1) is 0 Å². The first kappa shape index (κ1) is 22.9. The zero-order valence-corrected chi connectivity index (χ0v) is 13.3. The van der Waals surface area contributed by atoms with E-state index in [1.54, 1.807) is 4.90 Å². The van der Waals surface area contributed by atoms with Crippen molar-refractivity contribution in [1.29, 1.82) is 0 Å². The average molecular weight is 309 g/mol. The molecule has 1 saturated heterocycles. The summed E-state index contributed by atoms with van der Waals surface area (Å²) in [7, 11) is 4.46. The van der Waals surface area contributed by atoms with Crippen LogP contribution < -0.4 is 52.8 Å². The van der Waals surface area contributed by atoms with E-state index in [9.17, 15) is 0 Å². The Balaban J connectivity index is -0.000000653. The lowest BCUT2D eigenvalue weighted by molar-refractivity contribution is -0.860. The summed E-state index contributed by atoms with van der Waals surface area (Å²) in [6.45, 7) is 5.32.